The number of hydrogen-bond donors (Lipinski definition) is 1. The molecule has 1 aromatic heterocycles. The zero-order valence-corrected chi connectivity index (χ0v) is 17.2. The van der Waals surface area contributed by atoms with Crippen LogP contribution in [0.2, 0.25) is 10.0 Å². The Morgan fingerprint density at radius 1 is 1.16 bits per heavy atom. The first-order valence-electron chi connectivity index (χ1n) is 6.98. The van der Waals surface area contributed by atoms with Crippen LogP contribution < -0.4 is 5.32 Å². The van der Waals surface area contributed by atoms with Crippen LogP contribution in [-0.2, 0) is 5.75 Å². The number of carbonyl (C=O) groups excluding carboxylic acids is 1. The first kappa shape index (κ1) is 18.7. The predicted molar refractivity (Wildman–Crippen MR) is 108 cm³/mol. The second-order valence-electron chi connectivity index (χ2n) is 4.87. The van der Waals surface area contributed by atoms with Crippen molar-refractivity contribution in [2.45, 2.75) is 10.1 Å². The average Bonchev–Trinajstić information content (AvgIpc) is 3.01. The molecule has 4 nitrogen and oxygen atoms in total. The van der Waals surface area contributed by atoms with E-state index >= 15 is 0 Å². The van der Waals surface area contributed by atoms with E-state index in [1.807, 2.05) is 24.3 Å². The van der Waals surface area contributed by atoms with Crippen molar-refractivity contribution >= 4 is 73.3 Å². The van der Waals surface area contributed by atoms with Gasteiger partial charge in [0.1, 0.15) is 0 Å². The van der Waals surface area contributed by atoms with Crippen molar-refractivity contribution in [1.29, 1.82) is 0 Å². The minimum Gasteiger partial charge on any atom is -0.296 e. The molecular formula is C16H10BrCl2N3OS2. The van der Waals surface area contributed by atoms with Crippen LogP contribution in [0.3, 0.4) is 0 Å². The van der Waals surface area contributed by atoms with E-state index < -0.39 is 0 Å². The number of rotatable bonds is 5. The summed E-state index contributed by atoms with van der Waals surface area (Å²) in [5.74, 6) is 0.432. The molecule has 128 valence electrons. The predicted octanol–water partition coefficient (Wildman–Crippen LogP) is 6.15. The maximum atomic E-state index is 12.3. The molecule has 0 radical (unpaired) electrons. The number of halogens is 3. The molecule has 0 saturated heterocycles. The van der Waals surface area contributed by atoms with Crippen LogP contribution in [0.25, 0.3) is 0 Å². The summed E-state index contributed by atoms with van der Waals surface area (Å²) < 4.78 is 1.82. The van der Waals surface area contributed by atoms with E-state index in [0.29, 0.717) is 20.7 Å². The fraction of sp³-hybridized carbons (Fsp3) is 0.0625. The van der Waals surface area contributed by atoms with Crippen LogP contribution >= 0.6 is 62.2 Å². The van der Waals surface area contributed by atoms with Gasteiger partial charge in [0.05, 0.1) is 10.6 Å². The molecule has 9 heteroatoms. The number of amides is 1. The second kappa shape index (κ2) is 8.51. The maximum absolute atomic E-state index is 12.3. The van der Waals surface area contributed by atoms with Crippen LogP contribution in [0.1, 0.15) is 15.9 Å². The van der Waals surface area contributed by atoms with Gasteiger partial charge in [-0.05, 0) is 35.9 Å². The van der Waals surface area contributed by atoms with E-state index in [0.717, 1.165) is 14.6 Å². The van der Waals surface area contributed by atoms with Gasteiger partial charge in [0.2, 0.25) is 5.13 Å². The van der Waals surface area contributed by atoms with Gasteiger partial charge in [0.25, 0.3) is 5.91 Å². The Hall–Kier alpha value is -1.12. The Morgan fingerprint density at radius 2 is 1.92 bits per heavy atom. The Labute approximate surface area is 171 Å². The lowest BCUT2D eigenvalue weighted by Gasteiger charge is -2.03. The first-order valence-corrected chi connectivity index (χ1v) is 10.3. The molecule has 0 fully saturated rings. The van der Waals surface area contributed by atoms with Gasteiger partial charge in [0, 0.05) is 15.2 Å². The summed E-state index contributed by atoms with van der Waals surface area (Å²) in [6.07, 6.45) is 0. The van der Waals surface area contributed by atoms with E-state index in [1.54, 1.807) is 23.9 Å². The van der Waals surface area contributed by atoms with Crippen molar-refractivity contribution in [2.24, 2.45) is 0 Å². The average molecular weight is 475 g/mol. The van der Waals surface area contributed by atoms with Gasteiger partial charge in [-0.3, -0.25) is 10.1 Å². The molecule has 25 heavy (non-hydrogen) atoms. The van der Waals surface area contributed by atoms with Crippen LogP contribution in [0, 0.1) is 0 Å². The van der Waals surface area contributed by atoms with Gasteiger partial charge in [-0.15, -0.1) is 10.2 Å². The monoisotopic (exact) mass is 473 g/mol. The number of hydrogen-bond acceptors (Lipinski definition) is 5. The highest BCUT2D eigenvalue weighted by Gasteiger charge is 2.14. The molecule has 1 N–H and O–H groups in total. The molecule has 0 aliphatic rings. The molecule has 3 rings (SSSR count). The number of benzene rings is 2. The third-order valence-corrected chi connectivity index (χ3v) is 6.20. The molecule has 0 bridgehead atoms. The van der Waals surface area contributed by atoms with E-state index in [9.17, 15) is 4.79 Å². The molecule has 2 aromatic carbocycles. The molecule has 0 saturated carbocycles. The lowest BCUT2D eigenvalue weighted by Crippen LogP contribution is -2.12. The summed E-state index contributed by atoms with van der Waals surface area (Å²) in [4.78, 5) is 12.3. The van der Waals surface area contributed by atoms with Crippen LogP contribution in [0.15, 0.2) is 51.3 Å². The van der Waals surface area contributed by atoms with Crippen molar-refractivity contribution in [3.63, 3.8) is 0 Å². The van der Waals surface area contributed by atoms with E-state index in [2.05, 4.69) is 31.4 Å². The number of nitrogens with zero attached hydrogens (tertiary/aromatic N) is 2. The van der Waals surface area contributed by atoms with Gasteiger partial charge in [-0.25, -0.2) is 0 Å². The topological polar surface area (TPSA) is 54.9 Å². The number of thioether (sulfide) groups is 1. The van der Waals surface area contributed by atoms with E-state index in [4.69, 9.17) is 23.2 Å². The van der Waals surface area contributed by atoms with Crippen LogP contribution in [0.4, 0.5) is 5.13 Å². The number of aromatic nitrogens is 2. The Bertz CT molecular complexity index is 903. The molecule has 0 aliphatic heterocycles. The molecule has 0 atom stereocenters. The summed E-state index contributed by atoms with van der Waals surface area (Å²) >= 11 is 18.2. The molecule has 0 spiro atoms. The van der Waals surface area contributed by atoms with Gasteiger partial charge >= 0.3 is 0 Å². The van der Waals surface area contributed by atoms with Crippen molar-refractivity contribution < 1.29 is 4.79 Å². The molecule has 3 aromatic rings. The first-order chi connectivity index (χ1) is 12.0. The minimum absolute atomic E-state index is 0.291. The van der Waals surface area contributed by atoms with Gasteiger partial charge in [0.15, 0.2) is 4.34 Å². The summed E-state index contributed by atoms with van der Waals surface area (Å²) in [5, 5.41) is 12.0. The highest BCUT2D eigenvalue weighted by atomic mass is 79.9. The highest BCUT2D eigenvalue weighted by Crippen LogP contribution is 2.29. The van der Waals surface area contributed by atoms with Gasteiger partial charge in [-0.2, -0.15) is 0 Å². The van der Waals surface area contributed by atoms with Crippen LogP contribution in [-0.4, -0.2) is 16.1 Å². The van der Waals surface area contributed by atoms with Crippen molar-refractivity contribution in [3.8, 4) is 0 Å². The Kier molecular flexibility index (Phi) is 6.35. The van der Waals surface area contributed by atoms with Gasteiger partial charge in [-0.1, -0.05) is 74.4 Å². The Morgan fingerprint density at radius 3 is 2.64 bits per heavy atom. The maximum Gasteiger partial charge on any atom is 0.259 e. The molecule has 1 amide bonds. The zero-order chi connectivity index (χ0) is 17.8. The van der Waals surface area contributed by atoms with Crippen molar-refractivity contribution in [1.82, 2.24) is 10.2 Å². The fourth-order valence-corrected chi connectivity index (χ4v) is 4.34. The normalized spacial score (nSPS) is 10.7. The molecular weight excluding hydrogens is 465 g/mol. The van der Waals surface area contributed by atoms with Crippen molar-refractivity contribution in [2.75, 3.05) is 5.32 Å². The lowest BCUT2D eigenvalue weighted by molar-refractivity contribution is 0.102. The minimum atomic E-state index is -0.345. The van der Waals surface area contributed by atoms with Crippen LogP contribution in [0.5, 0.6) is 0 Å². The standard InChI is InChI=1S/C16H10BrCl2N3OS2/c17-10-3-1-9(2-4-10)8-24-16-22-21-15(25-16)20-14(23)12-6-5-11(18)7-13(12)19/h1-7H,8H2,(H,20,21,23). The summed E-state index contributed by atoms with van der Waals surface area (Å²) in [6, 6.07) is 12.8. The third kappa shape index (κ3) is 5.18. The van der Waals surface area contributed by atoms with Crippen molar-refractivity contribution in [3.05, 3.63) is 68.1 Å². The van der Waals surface area contributed by atoms with E-state index in [-0.39, 0.29) is 5.91 Å². The van der Waals surface area contributed by atoms with Gasteiger partial charge < -0.3 is 0 Å². The smallest absolute Gasteiger partial charge is 0.259 e. The third-order valence-electron chi connectivity index (χ3n) is 3.08. The quantitative estimate of drug-likeness (QED) is 0.355. The lowest BCUT2D eigenvalue weighted by atomic mass is 10.2. The Balaban J connectivity index is 1.61. The molecule has 0 unspecified atom stereocenters. The molecule has 0 aliphatic carbocycles. The highest BCUT2D eigenvalue weighted by molar-refractivity contribution is 9.10. The second-order valence-corrected chi connectivity index (χ2v) is 8.83. The zero-order valence-electron chi connectivity index (χ0n) is 12.5. The fourth-order valence-electron chi connectivity index (χ4n) is 1.88. The molecule has 1 heterocycles. The SMILES string of the molecule is O=C(Nc1nnc(SCc2ccc(Br)cc2)s1)c1ccc(Cl)cc1Cl. The number of anilines is 1. The summed E-state index contributed by atoms with van der Waals surface area (Å²) in [6.45, 7) is 0. The summed E-state index contributed by atoms with van der Waals surface area (Å²) in [5.41, 5.74) is 1.52. The largest absolute Gasteiger partial charge is 0.296 e. The summed E-state index contributed by atoms with van der Waals surface area (Å²) in [7, 11) is 0. The van der Waals surface area contributed by atoms with E-state index in [1.165, 1.54) is 23.0 Å². The number of carbonyl (C=O) groups is 1. The number of nitrogens with one attached hydrogen (secondary N) is 1.